The molecule has 404 valence electrons. The number of fused-ring (bicyclic) bond motifs is 1. The summed E-state index contributed by atoms with van der Waals surface area (Å²) in [5.41, 5.74) is 18.4. The molecular formula is C58H84N8O8. The first-order valence-electron chi connectivity index (χ1n) is 27.3. The van der Waals surface area contributed by atoms with E-state index in [0.717, 1.165) is 103 Å². The van der Waals surface area contributed by atoms with Gasteiger partial charge in [0, 0.05) is 69.7 Å². The van der Waals surface area contributed by atoms with E-state index in [2.05, 4.69) is 38.1 Å². The average molecular weight is 1020 g/mol. The molecule has 3 aromatic carbocycles. The Hall–Kier alpha value is -6.13. The number of imidazole rings is 1. The molecule has 0 saturated carbocycles. The number of aryl methyl sites for hydroxylation is 3. The van der Waals surface area contributed by atoms with Crippen molar-refractivity contribution in [2.24, 2.45) is 29.2 Å². The number of nitrogens with one attached hydrogen (secondary N) is 5. The van der Waals surface area contributed by atoms with Crippen LogP contribution < -0.4 is 37.4 Å². The van der Waals surface area contributed by atoms with Crippen molar-refractivity contribution < 1.29 is 43.5 Å². The van der Waals surface area contributed by atoms with Crippen molar-refractivity contribution in [3.8, 4) is 0 Å². The molecule has 1 fully saturated rings. The summed E-state index contributed by atoms with van der Waals surface area (Å²) in [6.07, 6.45) is 12.8. The van der Waals surface area contributed by atoms with Crippen molar-refractivity contribution in [1.29, 1.82) is 0 Å². The lowest BCUT2D eigenvalue weighted by Gasteiger charge is -2.41. The summed E-state index contributed by atoms with van der Waals surface area (Å²) in [6.45, 7) is 8.79. The van der Waals surface area contributed by atoms with Gasteiger partial charge in [-0.3, -0.25) is 24.0 Å². The highest BCUT2D eigenvalue weighted by atomic mass is 16.5. The highest BCUT2D eigenvalue weighted by Crippen LogP contribution is 2.30. The van der Waals surface area contributed by atoms with E-state index in [1.54, 1.807) is 6.33 Å². The topological polar surface area (TPSA) is 256 Å². The molecule has 2 heterocycles. The zero-order chi connectivity index (χ0) is 53.2. The lowest BCUT2D eigenvalue weighted by atomic mass is 9.76. The first kappa shape index (κ1) is 58.8. The van der Waals surface area contributed by atoms with Crippen LogP contribution in [0.2, 0.25) is 0 Å². The zero-order valence-electron chi connectivity index (χ0n) is 44.2. The number of piperidine rings is 1. The first-order chi connectivity index (χ1) is 35.6. The Morgan fingerprint density at radius 1 is 0.770 bits per heavy atom. The molecule has 0 radical (unpaired) electrons. The Labute approximate surface area is 438 Å². The average Bonchev–Trinajstić information content (AvgIpc) is 3.84. The number of likely N-dealkylation sites (tertiary alicyclic amines) is 1. The molecule has 6 unspecified atom stereocenters. The van der Waals surface area contributed by atoms with Crippen LogP contribution in [0.15, 0.2) is 73.1 Å². The van der Waals surface area contributed by atoms with Crippen molar-refractivity contribution >= 4 is 46.5 Å². The van der Waals surface area contributed by atoms with Gasteiger partial charge in [0.2, 0.25) is 23.6 Å². The Bertz CT molecular complexity index is 2390. The Kier molecular flexibility index (Phi) is 25.1. The van der Waals surface area contributed by atoms with Gasteiger partial charge < -0.3 is 51.9 Å². The monoisotopic (exact) mass is 1020 g/mol. The fourth-order valence-electron chi connectivity index (χ4n) is 10.8. The number of carbonyl (C=O) groups excluding carboxylic acids is 6. The van der Waals surface area contributed by atoms with Crippen molar-refractivity contribution in [3.05, 3.63) is 101 Å². The Balaban J connectivity index is 1.09. The maximum atomic E-state index is 13.2. The number of hydrogen-bond acceptors (Lipinski definition) is 9. The van der Waals surface area contributed by atoms with Crippen LogP contribution in [0.25, 0.3) is 11.0 Å². The number of nitrogens with two attached hydrogens (primary N) is 2. The van der Waals surface area contributed by atoms with E-state index in [1.807, 2.05) is 75.4 Å². The molecule has 6 atom stereocenters. The minimum atomic E-state index is -1.05. The molecule has 16 heteroatoms. The normalized spacial score (nSPS) is 17.4. The van der Waals surface area contributed by atoms with E-state index < -0.39 is 5.97 Å². The van der Waals surface area contributed by atoms with Crippen LogP contribution in [0.1, 0.15) is 145 Å². The Morgan fingerprint density at radius 3 is 2.31 bits per heavy atom. The number of aromatic amines is 1. The molecule has 74 heavy (non-hydrogen) atoms. The van der Waals surface area contributed by atoms with Gasteiger partial charge >= 0.3 is 0 Å². The third-order valence-corrected chi connectivity index (χ3v) is 14.6. The quantitative estimate of drug-likeness (QED) is 0.0320. The van der Waals surface area contributed by atoms with Crippen LogP contribution in [0.4, 0.5) is 0 Å². The van der Waals surface area contributed by atoms with Crippen LogP contribution in [-0.4, -0.2) is 89.9 Å². The van der Waals surface area contributed by atoms with E-state index >= 15 is 0 Å². The number of rotatable bonds is 35. The second kappa shape index (κ2) is 31.6. The first-order valence-corrected chi connectivity index (χ1v) is 27.3. The number of H-pyrrole nitrogens is 1. The van der Waals surface area contributed by atoms with Gasteiger partial charge in [-0.2, -0.15) is 0 Å². The fourth-order valence-corrected chi connectivity index (χ4v) is 10.8. The predicted molar refractivity (Wildman–Crippen MR) is 285 cm³/mol. The molecule has 1 aliphatic rings. The van der Waals surface area contributed by atoms with E-state index in [4.69, 9.17) is 16.2 Å². The number of hydrogen-bond donors (Lipinski definition) is 7. The van der Waals surface area contributed by atoms with Crippen LogP contribution in [0.5, 0.6) is 0 Å². The maximum Gasteiger partial charge on any atom is 0.275 e. The van der Waals surface area contributed by atoms with Crippen molar-refractivity contribution in [2.45, 2.75) is 167 Å². The number of quaternary nitrogens is 1. The summed E-state index contributed by atoms with van der Waals surface area (Å²) >= 11 is 0. The molecular weight excluding hydrogens is 937 g/mol. The summed E-state index contributed by atoms with van der Waals surface area (Å²) in [5.74, 6) is -1.34. The molecule has 1 saturated heterocycles. The molecule has 5 rings (SSSR count). The lowest BCUT2D eigenvalue weighted by molar-refractivity contribution is -0.927. The SMILES string of the molecule is CCOC(CCC(CCCC(=O)NCCCCc1ccc(CCC(N)=O)cc1CC(=O)NCc1ccc2nc[nH]c2c1)CC(=O)NC(C)C)CC[NH+]1CC(CCc2ccccc2)C(CCCC(=O)[O-])CC1C(N)=O. The highest BCUT2D eigenvalue weighted by molar-refractivity contribution is 5.80. The van der Waals surface area contributed by atoms with Gasteiger partial charge in [-0.15, -0.1) is 0 Å². The third-order valence-electron chi connectivity index (χ3n) is 14.6. The number of carboxylic acids is 1. The Morgan fingerprint density at radius 2 is 1.57 bits per heavy atom. The van der Waals surface area contributed by atoms with E-state index in [-0.39, 0.29) is 78.8 Å². The summed E-state index contributed by atoms with van der Waals surface area (Å²) in [5, 5.41) is 20.4. The smallest absolute Gasteiger partial charge is 0.275 e. The van der Waals surface area contributed by atoms with E-state index in [9.17, 15) is 33.9 Å². The minimum absolute atomic E-state index is 0.00428. The number of nitrogens with zero attached hydrogens (tertiary/aromatic N) is 1. The van der Waals surface area contributed by atoms with Gasteiger partial charge in [-0.1, -0.05) is 54.6 Å². The fraction of sp³-hybridized carbons (Fsp3) is 0.569. The molecule has 1 aliphatic heterocycles. The van der Waals surface area contributed by atoms with Gasteiger partial charge in [-0.05, 0) is 156 Å². The number of amides is 5. The third kappa shape index (κ3) is 21.4. The second-order valence-corrected chi connectivity index (χ2v) is 20.8. The molecule has 5 amide bonds. The number of ether oxygens (including phenoxy) is 1. The number of primary amides is 2. The van der Waals surface area contributed by atoms with Crippen LogP contribution >= 0.6 is 0 Å². The number of carboxylic acid groups (broad SMARTS) is 1. The van der Waals surface area contributed by atoms with Gasteiger partial charge in [0.15, 0.2) is 6.04 Å². The largest absolute Gasteiger partial charge is 0.550 e. The number of carbonyl (C=O) groups is 6. The number of benzene rings is 3. The van der Waals surface area contributed by atoms with Crippen molar-refractivity contribution in [3.63, 3.8) is 0 Å². The molecule has 0 aliphatic carbocycles. The molecule has 0 bridgehead atoms. The van der Waals surface area contributed by atoms with Gasteiger partial charge in [0.25, 0.3) is 5.91 Å². The number of aliphatic carboxylic acids is 1. The van der Waals surface area contributed by atoms with Crippen LogP contribution in [-0.2, 0) is 65.7 Å². The molecule has 16 nitrogen and oxygen atoms in total. The zero-order valence-corrected chi connectivity index (χ0v) is 44.2. The number of aromatic nitrogens is 2. The van der Waals surface area contributed by atoms with E-state index in [0.29, 0.717) is 77.1 Å². The molecule has 1 aromatic heterocycles. The van der Waals surface area contributed by atoms with Gasteiger partial charge in [0.05, 0.1) is 43.0 Å². The minimum Gasteiger partial charge on any atom is -0.550 e. The molecule has 4 aromatic rings. The van der Waals surface area contributed by atoms with E-state index in [1.165, 1.54) is 5.56 Å². The molecule has 9 N–H and O–H groups in total. The predicted octanol–water partition coefficient (Wildman–Crippen LogP) is 4.48. The van der Waals surface area contributed by atoms with Crippen LogP contribution in [0.3, 0.4) is 0 Å². The standard InChI is InChI=1S/C58H84N8O8/c1-4-74-49(29-31-66-38-47(25-19-41-12-6-5-7-13-41)46(16-11-18-57(71)72)35-52(66)58(60)73)26-21-42(34-56(70)65-40(2)3)14-10-17-54(68)61-30-9-8-15-45-24-20-43(23-28-53(59)67)32-48(45)36-55(69)62-37-44-22-27-50-51(33-44)64-39-63-50/h5-7,12-13,20,22,24,27,32-33,39-40,42,46-47,49,52H,4,8-11,14-19,21,23,25-26,28-31,34-38H2,1-3H3,(H2,59,67)(H2,60,73)(H,61,68)(H,62,69)(H,63,64)(H,65,70)(H,71,72). The number of unbranched alkanes of at least 4 members (excludes halogenated alkanes) is 1. The summed E-state index contributed by atoms with van der Waals surface area (Å²) in [6, 6.07) is 21.8. The highest BCUT2D eigenvalue weighted by Gasteiger charge is 2.41. The second-order valence-electron chi connectivity index (χ2n) is 20.8. The summed E-state index contributed by atoms with van der Waals surface area (Å²) in [4.78, 5) is 83.6. The van der Waals surface area contributed by atoms with Gasteiger partial charge in [0.1, 0.15) is 0 Å². The van der Waals surface area contributed by atoms with Gasteiger partial charge in [-0.25, -0.2) is 4.98 Å². The lowest BCUT2D eigenvalue weighted by Crippen LogP contribution is -3.19. The van der Waals surface area contributed by atoms with Crippen LogP contribution in [0, 0.1) is 17.8 Å². The van der Waals surface area contributed by atoms with Crippen molar-refractivity contribution in [1.82, 2.24) is 25.9 Å². The van der Waals surface area contributed by atoms with Crippen molar-refractivity contribution in [2.75, 3.05) is 26.2 Å². The summed E-state index contributed by atoms with van der Waals surface area (Å²) < 4.78 is 6.30. The maximum absolute atomic E-state index is 13.2. The molecule has 0 spiro atoms. The summed E-state index contributed by atoms with van der Waals surface area (Å²) in [7, 11) is 0.